The molecular weight excluding hydrogens is 195 g/mol. The van der Waals surface area contributed by atoms with Crippen LogP contribution in [0.5, 0.6) is 0 Å². The van der Waals surface area contributed by atoms with Gasteiger partial charge in [-0.25, -0.2) is 0 Å². The van der Waals surface area contributed by atoms with Crippen LogP contribution in [0.1, 0.15) is 12.5 Å². The Balaban J connectivity index is 2.79. The molecule has 0 saturated heterocycles. The number of alkyl halides is 3. The fraction of sp³-hybridized carbons (Fsp3) is 0.333. The molecule has 0 bridgehead atoms. The third-order valence-corrected chi connectivity index (χ3v) is 1.52. The first-order valence-corrected chi connectivity index (χ1v) is 4.09. The van der Waals surface area contributed by atoms with Gasteiger partial charge in [0.1, 0.15) is 0 Å². The molecule has 1 aromatic rings. The second-order valence-corrected chi connectivity index (χ2v) is 2.61. The number of hydrogen-bond donors (Lipinski definition) is 1. The summed E-state index contributed by atoms with van der Waals surface area (Å²) in [5.41, 5.74) is 2.01. The van der Waals surface area contributed by atoms with E-state index in [0.717, 1.165) is 12.1 Å². The molecule has 1 N–H and O–H groups in total. The minimum atomic E-state index is -4.32. The number of benzene rings is 1. The van der Waals surface area contributed by atoms with Gasteiger partial charge in [-0.1, -0.05) is 6.07 Å². The van der Waals surface area contributed by atoms with Crippen LogP contribution in [0, 0.1) is 0 Å². The van der Waals surface area contributed by atoms with Gasteiger partial charge in [-0.3, -0.25) is 10.3 Å². The third kappa shape index (κ3) is 2.92. The zero-order valence-electron chi connectivity index (χ0n) is 7.56. The molecule has 1 rings (SSSR count). The van der Waals surface area contributed by atoms with Gasteiger partial charge in [-0.05, 0) is 25.1 Å². The predicted molar refractivity (Wildman–Crippen MR) is 46.7 cm³/mol. The molecule has 0 fully saturated rings. The summed E-state index contributed by atoms with van der Waals surface area (Å²) in [6.07, 6.45) is -4.32. The molecule has 0 unspecified atom stereocenters. The maximum absolute atomic E-state index is 12.2. The Hall–Kier alpha value is -1.23. The maximum Gasteiger partial charge on any atom is 0.416 e. The van der Waals surface area contributed by atoms with Crippen molar-refractivity contribution in [3.05, 3.63) is 29.8 Å². The Labute approximate surface area is 79.6 Å². The summed E-state index contributed by atoms with van der Waals surface area (Å²) in [4.78, 5) is 4.77. The zero-order chi connectivity index (χ0) is 10.6. The molecule has 0 aliphatic carbocycles. The van der Waals surface area contributed by atoms with Crippen LogP contribution in [0.15, 0.2) is 24.3 Å². The smallest absolute Gasteiger partial charge is 0.276 e. The molecule has 0 radical (unpaired) electrons. The SMILES string of the molecule is CCONc1cccc(C(F)(F)F)c1. The first-order valence-electron chi connectivity index (χ1n) is 4.09. The van der Waals surface area contributed by atoms with E-state index in [1.807, 2.05) is 0 Å². The maximum atomic E-state index is 12.2. The van der Waals surface area contributed by atoms with E-state index < -0.39 is 11.7 Å². The van der Waals surface area contributed by atoms with Crippen LogP contribution in [-0.2, 0) is 11.0 Å². The molecular formula is C9H10F3NO. The molecule has 0 aliphatic heterocycles. The van der Waals surface area contributed by atoms with Crippen molar-refractivity contribution in [2.45, 2.75) is 13.1 Å². The molecule has 14 heavy (non-hydrogen) atoms. The molecule has 78 valence electrons. The zero-order valence-corrected chi connectivity index (χ0v) is 7.56. The predicted octanol–water partition coefficient (Wildman–Crippen LogP) is 3.07. The summed E-state index contributed by atoms with van der Waals surface area (Å²) in [5.74, 6) is 0. The molecule has 0 aromatic heterocycles. The van der Waals surface area contributed by atoms with Gasteiger partial charge in [-0.15, -0.1) is 0 Å². The van der Waals surface area contributed by atoms with Gasteiger partial charge in [0.2, 0.25) is 0 Å². The molecule has 0 spiro atoms. The average Bonchev–Trinajstić information content (AvgIpc) is 2.14. The van der Waals surface area contributed by atoms with E-state index in [9.17, 15) is 13.2 Å². The van der Waals surface area contributed by atoms with E-state index in [0.29, 0.717) is 12.3 Å². The monoisotopic (exact) mass is 205 g/mol. The highest BCUT2D eigenvalue weighted by atomic mass is 19.4. The quantitative estimate of drug-likeness (QED) is 0.765. The van der Waals surface area contributed by atoms with Crippen molar-refractivity contribution in [2.24, 2.45) is 0 Å². The van der Waals surface area contributed by atoms with Crippen molar-refractivity contribution in [2.75, 3.05) is 12.1 Å². The Morgan fingerprint density at radius 1 is 1.36 bits per heavy atom. The van der Waals surface area contributed by atoms with Crippen LogP contribution < -0.4 is 5.48 Å². The fourth-order valence-electron chi connectivity index (χ4n) is 0.915. The molecule has 2 nitrogen and oxygen atoms in total. The van der Waals surface area contributed by atoms with E-state index >= 15 is 0 Å². The summed E-state index contributed by atoms with van der Waals surface area (Å²) in [5, 5.41) is 0. The third-order valence-electron chi connectivity index (χ3n) is 1.52. The molecule has 0 heterocycles. The van der Waals surface area contributed by atoms with Gasteiger partial charge in [0.25, 0.3) is 0 Å². The second kappa shape index (κ2) is 4.32. The first-order chi connectivity index (χ1) is 6.54. The Bertz CT molecular complexity index is 298. The van der Waals surface area contributed by atoms with Gasteiger partial charge in [0, 0.05) is 0 Å². The van der Waals surface area contributed by atoms with Crippen LogP contribution in [0.2, 0.25) is 0 Å². The van der Waals surface area contributed by atoms with Gasteiger partial charge < -0.3 is 0 Å². The van der Waals surface area contributed by atoms with E-state index in [1.165, 1.54) is 12.1 Å². The van der Waals surface area contributed by atoms with Crippen molar-refractivity contribution >= 4 is 5.69 Å². The Kier molecular flexibility index (Phi) is 3.35. The van der Waals surface area contributed by atoms with E-state index in [4.69, 9.17) is 4.84 Å². The van der Waals surface area contributed by atoms with Crippen LogP contribution in [0.3, 0.4) is 0 Å². The minimum Gasteiger partial charge on any atom is -0.276 e. The lowest BCUT2D eigenvalue weighted by Gasteiger charge is -2.09. The van der Waals surface area contributed by atoms with E-state index in [-0.39, 0.29) is 0 Å². The number of nitrogens with one attached hydrogen (secondary N) is 1. The van der Waals surface area contributed by atoms with Crippen molar-refractivity contribution in [1.29, 1.82) is 0 Å². The highest BCUT2D eigenvalue weighted by Crippen LogP contribution is 2.30. The van der Waals surface area contributed by atoms with E-state index in [1.54, 1.807) is 6.92 Å². The molecule has 0 saturated carbocycles. The van der Waals surface area contributed by atoms with Gasteiger partial charge in [0.15, 0.2) is 0 Å². The molecule has 0 amide bonds. The van der Waals surface area contributed by atoms with Crippen molar-refractivity contribution in [3.8, 4) is 0 Å². The molecule has 5 heteroatoms. The highest BCUT2D eigenvalue weighted by Gasteiger charge is 2.30. The average molecular weight is 205 g/mol. The summed E-state index contributed by atoms with van der Waals surface area (Å²) >= 11 is 0. The largest absolute Gasteiger partial charge is 0.416 e. The molecule has 0 aliphatic rings. The lowest BCUT2D eigenvalue weighted by atomic mass is 10.2. The van der Waals surface area contributed by atoms with Crippen molar-refractivity contribution in [1.82, 2.24) is 0 Å². The van der Waals surface area contributed by atoms with Gasteiger partial charge in [0.05, 0.1) is 17.9 Å². The van der Waals surface area contributed by atoms with Gasteiger partial charge >= 0.3 is 6.18 Å². The van der Waals surface area contributed by atoms with Crippen LogP contribution >= 0.6 is 0 Å². The van der Waals surface area contributed by atoms with Crippen LogP contribution in [0.25, 0.3) is 0 Å². The summed E-state index contributed by atoms with van der Waals surface area (Å²) < 4.78 is 36.7. The van der Waals surface area contributed by atoms with Crippen LogP contribution in [0.4, 0.5) is 18.9 Å². The fourth-order valence-corrected chi connectivity index (χ4v) is 0.915. The lowest BCUT2D eigenvalue weighted by Crippen LogP contribution is -2.06. The summed E-state index contributed by atoms with van der Waals surface area (Å²) in [6.45, 7) is 2.12. The van der Waals surface area contributed by atoms with Crippen molar-refractivity contribution in [3.63, 3.8) is 0 Å². The molecule has 1 aromatic carbocycles. The van der Waals surface area contributed by atoms with Crippen LogP contribution in [-0.4, -0.2) is 6.61 Å². The second-order valence-electron chi connectivity index (χ2n) is 2.61. The normalized spacial score (nSPS) is 11.4. The lowest BCUT2D eigenvalue weighted by molar-refractivity contribution is -0.137. The summed E-state index contributed by atoms with van der Waals surface area (Å²) in [6, 6.07) is 4.84. The number of rotatable bonds is 3. The standard InChI is InChI=1S/C9H10F3NO/c1-2-14-13-8-5-3-4-7(6-8)9(10,11)12/h3-6,13H,2H2,1H3. The highest BCUT2D eigenvalue weighted by molar-refractivity contribution is 5.44. The number of anilines is 1. The first kappa shape index (κ1) is 10.8. The van der Waals surface area contributed by atoms with E-state index in [2.05, 4.69) is 5.48 Å². The minimum absolute atomic E-state index is 0.293. The Morgan fingerprint density at radius 3 is 2.64 bits per heavy atom. The number of halogens is 3. The molecule has 0 atom stereocenters. The number of hydrogen-bond acceptors (Lipinski definition) is 2. The summed E-state index contributed by atoms with van der Waals surface area (Å²) in [7, 11) is 0. The Morgan fingerprint density at radius 2 is 2.07 bits per heavy atom. The van der Waals surface area contributed by atoms with Crippen molar-refractivity contribution < 1.29 is 18.0 Å². The topological polar surface area (TPSA) is 21.3 Å². The van der Waals surface area contributed by atoms with Gasteiger partial charge in [-0.2, -0.15) is 13.2 Å².